The molecule has 4 heteroatoms. The molecule has 1 atom stereocenters. The Balaban J connectivity index is 1.04. The van der Waals surface area contributed by atoms with Crippen molar-refractivity contribution in [1.82, 2.24) is 4.57 Å². The Labute approximate surface area is 386 Å². The molecule has 12 aromatic rings. The third-order valence-electron chi connectivity index (χ3n) is 14.9. The zero-order valence-electron chi connectivity index (χ0n) is 36.4. The van der Waals surface area contributed by atoms with Gasteiger partial charge < -0.3 is 18.6 Å². The first-order chi connectivity index (χ1) is 33.2. The summed E-state index contributed by atoms with van der Waals surface area (Å²) in [4.78, 5) is 2.52. The summed E-state index contributed by atoms with van der Waals surface area (Å²) in [5, 5.41) is 9.59. The van der Waals surface area contributed by atoms with Crippen LogP contribution in [-0.4, -0.2) is 4.57 Å². The number of benzene rings is 10. The molecule has 0 radical (unpaired) electrons. The summed E-state index contributed by atoms with van der Waals surface area (Å²) in [6.45, 7) is 0. The number of furan rings is 1. The Morgan fingerprint density at radius 1 is 0.463 bits per heavy atom. The van der Waals surface area contributed by atoms with E-state index >= 15 is 0 Å². The zero-order chi connectivity index (χ0) is 43.8. The molecule has 2 aromatic heterocycles. The molecule has 15 rings (SSSR count). The van der Waals surface area contributed by atoms with Gasteiger partial charge in [0.25, 0.3) is 0 Å². The standard InChI is InChI=1S/C63H40N2O2/c1-2-19-43-39(15-1)16-13-28-53(43)65-54-27-8-4-21-45(54)46-35-33-42(38-56(46)65)64(55-29-14-32-60-62(55)48-22-5-9-30-57(48)66-60)41-34-36-59-52(37-41)63(50-25-7-10-31-58(50)67-59)49-24-6-3-20-44(49)47-23-11-17-40-18-12-26-51(63)61(40)47/h1-33,35,37-38H,34,36H2. The number of nitrogens with zero attached hydrogens (tertiary/aromatic N) is 2. The lowest BCUT2D eigenvalue weighted by Gasteiger charge is -2.47. The van der Waals surface area contributed by atoms with Crippen molar-refractivity contribution in [3.8, 4) is 22.6 Å². The Morgan fingerprint density at radius 3 is 2.07 bits per heavy atom. The second-order valence-electron chi connectivity index (χ2n) is 18.2. The van der Waals surface area contributed by atoms with Crippen LogP contribution in [0.15, 0.2) is 240 Å². The summed E-state index contributed by atoms with van der Waals surface area (Å²) in [6.07, 6.45) is 3.98. The molecule has 4 nitrogen and oxygen atoms in total. The molecular weight excluding hydrogens is 817 g/mol. The highest BCUT2D eigenvalue weighted by atomic mass is 16.5. The molecule has 1 unspecified atom stereocenters. The first kappa shape index (κ1) is 36.7. The Kier molecular flexibility index (Phi) is 7.51. The number of ether oxygens (including phenoxy) is 1. The quantitative estimate of drug-likeness (QED) is 0.177. The predicted molar refractivity (Wildman–Crippen MR) is 275 cm³/mol. The lowest BCUT2D eigenvalue weighted by molar-refractivity contribution is 0.360. The van der Waals surface area contributed by atoms with Crippen molar-refractivity contribution in [2.75, 3.05) is 4.90 Å². The molecule has 0 fully saturated rings. The SMILES string of the molecule is C1=C(N(c2ccc3c4ccccc4n(-c4cccc5ccccc45)c3c2)c2cccc3oc4ccccc4c23)CCC2=C1C1(c3ccccc3O2)c2ccccc2-c2cccc3cccc1c23. The highest BCUT2D eigenvalue weighted by molar-refractivity contribution is 6.15. The van der Waals surface area contributed by atoms with Crippen LogP contribution >= 0.6 is 0 Å². The zero-order valence-corrected chi connectivity index (χ0v) is 36.4. The summed E-state index contributed by atoms with van der Waals surface area (Å²) >= 11 is 0. The van der Waals surface area contributed by atoms with E-state index in [9.17, 15) is 0 Å². The van der Waals surface area contributed by atoms with Crippen LogP contribution in [-0.2, 0) is 5.41 Å². The van der Waals surface area contributed by atoms with E-state index in [4.69, 9.17) is 9.15 Å². The van der Waals surface area contributed by atoms with Gasteiger partial charge in [0.05, 0.1) is 33.2 Å². The summed E-state index contributed by atoms with van der Waals surface area (Å²) < 4.78 is 16.2. The van der Waals surface area contributed by atoms with Crippen molar-refractivity contribution < 1.29 is 9.15 Å². The Bertz CT molecular complexity index is 4150. The Morgan fingerprint density at radius 2 is 1.13 bits per heavy atom. The van der Waals surface area contributed by atoms with E-state index in [1.165, 1.54) is 71.4 Å². The van der Waals surface area contributed by atoms with Gasteiger partial charge in [-0.15, -0.1) is 0 Å². The lowest BCUT2D eigenvalue weighted by Crippen LogP contribution is -2.39. The maximum absolute atomic E-state index is 7.11. The predicted octanol–water partition coefficient (Wildman–Crippen LogP) is 16.5. The molecule has 3 aliphatic rings. The fraction of sp³-hybridized carbons (Fsp3) is 0.0476. The normalized spacial score (nSPS) is 16.1. The van der Waals surface area contributed by atoms with Crippen LogP contribution < -0.4 is 9.64 Å². The van der Waals surface area contributed by atoms with E-state index in [1.54, 1.807) is 0 Å². The molecule has 3 heterocycles. The third kappa shape index (κ3) is 4.96. The highest BCUT2D eigenvalue weighted by Crippen LogP contribution is 2.61. The fourth-order valence-corrected chi connectivity index (χ4v) is 12.2. The number of para-hydroxylation sites is 3. The maximum atomic E-state index is 7.11. The smallest absolute Gasteiger partial charge is 0.137 e. The van der Waals surface area contributed by atoms with Gasteiger partial charge >= 0.3 is 0 Å². The summed E-state index contributed by atoms with van der Waals surface area (Å²) in [7, 11) is 0. The van der Waals surface area contributed by atoms with Crippen molar-refractivity contribution in [1.29, 1.82) is 0 Å². The molecule has 2 aliphatic carbocycles. The van der Waals surface area contributed by atoms with Crippen molar-refractivity contribution >= 4 is 76.7 Å². The van der Waals surface area contributed by atoms with Gasteiger partial charge in [-0.25, -0.2) is 0 Å². The molecule has 0 saturated heterocycles. The van der Waals surface area contributed by atoms with Gasteiger partial charge in [0.2, 0.25) is 0 Å². The minimum absolute atomic E-state index is 0.648. The first-order valence-electron chi connectivity index (χ1n) is 23.3. The van der Waals surface area contributed by atoms with Crippen LogP contribution in [0.2, 0.25) is 0 Å². The minimum atomic E-state index is -0.648. The molecule has 0 bridgehead atoms. The van der Waals surface area contributed by atoms with Gasteiger partial charge in [0.1, 0.15) is 22.7 Å². The number of aromatic nitrogens is 1. The van der Waals surface area contributed by atoms with E-state index in [2.05, 4.69) is 228 Å². The van der Waals surface area contributed by atoms with Crippen LogP contribution in [0.4, 0.5) is 11.4 Å². The van der Waals surface area contributed by atoms with Crippen molar-refractivity contribution in [2.24, 2.45) is 0 Å². The summed E-state index contributed by atoms with van der Waals surface area (Å²) in [5.74, 6) is 1.94. The number of hydrogen-bond donors (Lipinski definition) is 0. The van der Waals surface area contributed by atoms with Crippen molar-refractivity contribution in [3.63, 3.8) is 0 Å². The molecule has 10 aromatic carbocycles. The van der Waals surface area contributed by atoms with Crippen LogP contribution in [0.25, 0.3) is 82.1 Å². The van der Waals surface area contributed by atoms with E-state index in [-0.39, 0.29) is 0 Å². The molecule has 0 amide bonds. The molecule has 67 heavy (non-hydrogen) atoms. The van der Waals surface area contributed by atoms with Gasteiger partial charge in [-0.3, -0.25) is 0 Å². The second-order valence-corrected chi connectivity index (χ2v) is 18.2. The first-order valence-corrected chi connectivity index (χ1v) is 23.3. The molecule has 0 saturated carbocycles. The van der Waals surface area contributed by atoms with Crippen LogP contribution in [0.1, 0.15) is 29.5 Å². The highest BCUT2D eigenvalue weighted by Gasteiger charge is 2.51. The number of allylic oxidation sites excluding steroid dienone is 4. The van der Waals surface area contributed by atoms with Crippen molar-refractivity contribution in [3.05, 3.63) is 252 Å². The molecular formula is C63H40N2O2. The monoisotopic (exact) mass is 856 g/mol. The lowest BCUT2D eigenvalue weighted by atomic mass is 9.57. The van der Waals surface area contributed by atoms with Gasteiger partial charge in [0.15, 0.2) is 0 Å². The van der Waals surface area contributed by atoms with Gasteiger partial charge in [-0.05, 0) is 99.4 Å². The fourth-order valence-electron chi connectivity index (χ4n) is 12.2. The van der Waals surface area contributed by atoms with Gasteiger partial charge in [-0.2, -0.15) is 0 Å². The largest absolute Gasteiger partial charge is 0.461 e. The van der Waals surface area contributed by atoms with Crippen LogP contribution in [0.3, 0.4) is 0 Å². The molecule has 314 valence electrons. The number of hydrogen-bond acceptors (Lipinski definition) is 3. The molecule has 0 N–H and O–H groups in total. The van der Waals surface area contributed by atoms with Crippen LogP contribution in [0, 0.1) is 0 Å². The third-order valence-corrected chi connectivity index (χ3v) is 14.9. The van der Waals surface area contributed by atoms with Gasteiger partial charge in [-0.1, -0.05) is 164 Å². The number of fused-ring (bicyclic) bond motifs is 14. The molecule has 1 aliphatic heterocycles. The van der Waals surface area contributed by atoms with E-state index in [0.29, 0.717) is 0 Å². The summed E-state index contributed by atoms with van der Waals surface area (Å²) in [5.41, 5.74) is 15.4. The second kappa shape index (κ2) is 13.7. The van der Waals surface area contributed by atoms with Crippen LogP contribution in [0.5, 0.6) is 5.75 Å². The van der Waals surface area contributed by atoms with Gasteiger partial charge in [0, 0.05) is 50.5 Å². The van der Waals surface area contributed by atoms with Crippen molar-refractivity contribution in [2.45, 2.75) is 18.3 Å². The average molecular weight is 857 g/mol. The average Bonchev–Trinajstić information content (AvgIpc) is 3.93. The number of rotatable bonds is 4. The van der Waals surface area contributed by atoms with E-state index < -0.39 is 5.41 Å². The summed E-state index contributed by atoms with van der Waals surface area (Å²) in [6, 6.07) is 77.6. The topological polar surface area (TPSA) is 30.5 Å². The molecule has 1 spiro atoms. The number of anilines is 2. The van der Waals surface area contributed by atoms with E-state index in [0.717, 1.165) is 74.4 Å². The van der Waals surface area contributed by atoms with E-state index in [1.807, 2.05) is 0 Å². The maximum Gasteiger partial charge on any atom is 0.137 e. The minimum Gasteiger partial charge on any atom is -0.461 e. The Hall–Kier alpha value is -8.60.